The zero-order chi connectivity index (χ0) is 16.1. The number of carbonyl (C=O) groups excluding carboxylic acids is 1. The van der Waals surface area contributed by atoms with Crippen molar-refractivity contribution >= 4 is 39.3 Å². The van der Waals surface area contributed by atoms with E-state index in [4.69, 9.17) is 4.74 Å². The highest BCUT2D eigenvalue weighted by Gasteiger charge is 2.17. The normalized spacial score (nSPS) is 10.3. The second-order valence-corrected chi connectivity index (χ2v) is 6.28. The monoisotopic (exact) mass is 381 g/mol. The van der Waals surface area contributed by atoms with Crippen LogP contribution in [-0.4, -0.2) is 18.0 Å². The minimum atomic E-state index is -0.581. The van der Waals surface area contributed by atoms with E-state index < -0.39 is 10.9 Å². The zero-order valence-corrected chi connectivity index (χ0v) is 14.0. The van der Waals surface area contributed by atoms with Gasteiger partial charge in [-0.3, -0.25) is 10.1 Å². The molecule has 114 valence electrons. The number of benzene rings is 2. The van der Waals surface area contributed by atoms with Gasteiger partial charge in [0.15, 0.2) is 0 Å². The van der Waals surface area contributed by atoms with Crippen LogP contribution in [0.4, 0.5) is 5.69 Å². The van der Waals surface area contributed by atoms with Crippen molar-refractivity contribution in [2.45, 2.75) is 10.6 Å². The fourth-order valence-corrected chi connectivity index (χ4v) is 3.01. The first-order chi connectivity index (χ1) is 10.5. The van der Waals surface area contributed by atoms with Gasteiger partial charge in [0.1, 0.15) is 0 Å². The van der Waals surface area contributed by atoms with E-state index in [0.717, 1.165) is 10.0 Å². The number of nitro groups is 1. The summed E-state index contributed by atoms with van der Waals surface area (Å²) in [6, 6.07) is 12.0. The number of non-ortho nitro benzene ring substituents is 1. The maximum absolute atomic E-state index is 11.8. The third-order valence-electron chi connectivity index (χ3n) is 2.89. The van der Waals surface area contributed by atoms with Crippen LogP contribution in [0, 0.1) is 10.1 Å². The largest absolute Gasteiger partial charge is 0.465 e. The van der Waals surface area contributed by atoms with Crippen molar-refractivity contribution in [3.8, 4) is 0 Å². The Kier molecular flexibility index (Phi) is 5.57. The van der Waals surface area contributed by atoms with E-state index in [1.165, 1.54) is 31.0 Å². The number of thioether (sulfide) groups is 1. The summed E-state index contributed by atoms with van der Waals surface area (Å²) in [5.74, 6) is 0.0664. The van der Waals surface area contributed by atoms with Crippen LogP contribution < -0.4 is 0 Å². The van der Waals surface area contributed by atoms with Crippen LogP contribution in [0.1, 0.15) is 15.9 Å². The minimum Gasteiger partial charge on any atom is -0.465 e. The SMILES string of the molecule is COC(=O)c1cc([N+](=O)[O-])ccc1SCc1ccc(Br)cc1. The van der Waals surface area contributed by atoms with Crippen molar-refractivity contribution in [1.29, 1.82) is 0 Å². The number of hydrogen-bond acceptors (Lipinski definition) is 5. The van der Waals surface area contributed by atoms with Crippen molar-refractivity contribution < 1.29 is 14.5 Å². The minimum absolute atomic E-state index is 0.131. The maximum atomic E-state index is 11.8. The number of esters is 1. The molecule has 0 aliphatic carbocycles. The van der Waals surface area contributed by atoms with Gasteiger partial charge in [0.05, 0.1) is 17.6 Å². The number of nitrogens with zero attached hydrogens (tertiary/aromatic N) is 1. The van der Waals surface area contributed by atoms with E-state index in [0.29, 0.717) is 10.6 Å². The number of rotatable bonds is 5. The second kappa shape index (κ2) is 7.42. The predicted octanol–water partition coefficient (Wildman–Crippen LogP) is 4.44. The molecule has 0 aliphatic rings. The van der Waals surface area contributed by atoms with E-state index in [2.05, 4.69) is 15.9 Å². The Balaban J connectivity index is 2.23. The van der Waals surface area contributed by atoms with Crippen molar-refractivity contribution in [2.24, 2.45) is 0 Å². The van der Waals surface area contributed by atoms with Gasteiger partial charge in [-0.25, -0.2) is 4.79 Å². The summed E-state index contributed by atoms with van der Waals surface area (Å²) in [5, 5.41) is 10.8. The predicted molar refractivity (Wildman–Crippen MR) is 88.1 cm³/mol. The highest BCUT2D eigenvalue weighted by atomic mass is 79.9. The molecule has 0 heterocycles. The summed E-state index contributed by atoms with van der Waals surface area (Å²) in [7, 11) is 1.25. The fraction of sp³-hybridized carbons (Fsp3) is 0.133. The summed E-state index contributed by atoms with van der Waals surface area (Å²) in [6.07, 6.45) is 0. The van der Waals surface area contributed by atoms with Crippen LogP contribution in [0.25, 0.3) is 0 Å². The highest BCUT2D eigenvalue weighted by Crippen LogP contribution is 2.30. The van der Waals surface area contributed by atoms with Crippen LogP contribution in [-0.2, 0) is 10.5 Å². The van der Waals surface area contributed by atoms with Gasteiger partial charge < -0.3 is 4.74 Å². The van der Waals surface area contributed by atoms with E-state index in [9.17, 15) is 14.9 Å². The number of methoxy groups -OCH3 is 1. The Morgan fingerprint density at radius 3 is 2.55 bits per heavy atom. The summed E-state index contributed by atoms with van der Waals surface area (Å²) in [4.78, 5) is 22.8. The molecule has 0 bridgehead atoms. The fourth-order valence-electron chi connectivity index (χ4n) is 1.77. The van der Waals surface area contributed by atoms with E-state index in [-0.39, 0.29) is 11.3 Å². The van der Waals surface area contributed by atoms with E-state index >= 15 is 0 Å². The average Bonchev–Trinajstić information content (AvgIpc) is 2.53. The third-order valence-corrected chi connectivity index (χ3v) is 4.56. The van der Waals surface area contributed by atoms with E-state index in [1.54, 1.807) is 6.07 Å². The molecule has 0 N–H and O–H groups in total. The molecule has 22 heavy (non-hydrogen) atoms. The van der Waals surface area contributed by atoms with Crippen LogP contribution >= 0.6 is 27.7 Å². The summed E-state index contributed by atoms with van der Waals surface area (Å²) in [5.41, 5.74) is 1.16. The van der Waals surface area contributed by atoms with Crippen LogP contribution in [0.5, 0.6) is 0 Å². The molecule has 0 spiro atoms. The molecular weight excluding hydrogens is 370 g/mol. The summed E-state index contributed by atoms with van der Waals surface area (Å²) < 4.78 is 5.69. The van der Waals surface area contributed by atoms with Gasteiger partial charge in [-0.2, -0.15) is 0 Å². The molecule has 2 aromatic rings. The molecule has 7 heteroatoms. The lowest BCUT2D eigenvalue weighted by Crippen LogP contribution is -2.04. The Bertz CT molecular complexity index is 703. The summed E-state index contributed by atoms with van der Waals surface area (Å²) in [6.45, 7) is 0. The Morgan fingerprint density at radius 2 is 1.95 bits per heavy atom. The van der Waals surface area contributed by atoms with Crippen LogP contribution in [0.3, 0.4) is 0 Å². The molecule has 0 radical (unpaired) electrons. The molecule has 0 amide bonds. The zero-order valence-electron chi connectivity index (χ0n) is 11.6. The maximum Gasteiger partial charge on any atom is 0.339 e. The first-order valence-electron chi connectivity index (χ1n) is 6.25. The number of hydrogen-bond donors (Lipinski definition) is 0. The topological polar surface area (TPSA) is 69.4 Å². The van der Waals surface area contributed by atoms with Gasteiger partial charge in [0, 0.05) is 27.3 Å². The second-order valence-electron chi connectivity index (χ2n) is 4.34. The molecule has 2 aromatic carbocycles. The van der Waals surface area contributed by atoms with Gasteiger partial charge in [0.25, 0.3) is 5.69 Å². The molecule has 5 nitrogen and oxygen atoms in total. The molecule has 0 atom stereocenters. The van der Waals surface area contributed by atoms with Gasteiger partial charge >= 0.3 is 5.97 Å². The molecule has 2 rings (SSSR count). The van der Waals surface area contributed by atoms with Crippen LogP contribution in [0.2, 0.25) is 0 Å². The lowest BCUT2D eigenvalue weighted by molar-refractivity contribution is -0.384. The molecule has 0 saturated carbocycles. The van der Waals surface area contributed by atoms with Gasteiger partial charge in [-0.15, -0.1) is 11.8 Å². The molecule has 0 fully saturated rings. The lowest BCUT2D eigenvalue weighted by Gasteiger charge is -2.08. The molecule has 0 saturated heterocycles. The van der Waals surface area contributed by atoms with Crippen molar-refractivity contribution in [1.82, 2.24) is 0 Å². The molecular formula is C15H12BrNO4S. The Morgan fingerprint density at radius 1 is 1.27 bits per heavy atom. The van der Waals surface area contributed by atoms with Crippen LogP contribution in [0.15, 0.2) is 51.8 Å². The third kappa shape index (κ3) is 4.08. The molecule has 0 aliphatic heterocycles. The van der Waals surface area contributed by atoms with E-state index in [1.807, 2.05) is 24.3 Å². The lowest BCUT2D eigenvalue weighted by atomic mass is 10.2. The number of carbonyl (C=O) groups is 1. The first-order valence-corrected chi connectivity index (χ1v) is 8.03. The Labute approximate surface area is 140 Å². The first kappa shape index (κ1) is 16.5. The standard InChI is InChI=1S/C15H12BrNO4S/c1-21-15(18)13-8-12(17(19)20)6-7-14(13)22-9-10-2-4-11(16)5-3-10/h2-8H,9H2,1H3. The number of halogens is 1. The Hall–Kier alpha value is -1.86. The van der Waals surface area contributed by atoms with Gasteiger partial charge in [-0.05, 0) is 23.8 Å². The van der Waals surface area contributed by atoms with Crippen molar-refractivity contribution in [2.75, 3.05) is 7.11 Å². The van der Waals surface area contributed by atoms with Crippen molar-refractivity contribution in [3.05, 3.63) is 68.2 Å². The van der Waals surface area contributed by atoms with Gasteiger partial charge in [0.2, 0.25) is 0 Å². The quantitative estimate of drug-likeness (QED) is 0.331. The summed E-state index contributed by atoms with van der Waals surface area (Å²) >= 11 is 4.80. The number of ether oxygens (including phenoxy) is 1. The number of nitro benzene ring substituents is 1. The molecule has 0 aromatic heterocycles. The van der Waals surface area contributed by atoms with Crippen molar-refractivity contribution in [3.63, 3.8) is 0 Å². The molecule has 0 unspecified atom stereocenters. The average molecular weight is 382 g/mol. The highest BCUT2D eigenvalue weighted by molar-refractivity contribution is 9.10. The smallest absolute Gasteiger partial charge is 0.339 e. The van der Waals surface area contributed by atoms with Gasteiger partial charge in [-0.1, -0.05) is 28.1 Å².